The molecule has 1 aromatic rings. The number of urea groups is 1. The quantitative estimate of drug-likeness (QED) is 0.721. The number of rotatable bonds is 2. The Hall–Kier alpha value is -2.28. The fourth-order valence-corrected chi connectivity index (χ4v) is 2.19. The Morgan fingerprint density at radius 2 is 2.19 bits per heavy atom. The molecule has 21 heavy (non-hydrogen) atoms. The second-order valence-corrected chi connectivity index (χ2v) is 4.95. The largest absolute Gasteiger partial charge is 0.508 e. The Balaban J connectivity index is 2.13. The molecule has 7 heteroatoms. The molecule has 1 heterocycles. The molecule has 1 fully saturated rings. The first kappa shape index (κ1) is 15.1. The molecular formula is C14H18N2O5. The second-order valence-electron chi connectivity index (χ2n) is 4.95. The zero-order valence-corrected chi connectivity index (χ0v) is 11.7. The summed E-state index contributed by atoms with van der Waals surface area (Å²) in [7, 11) is 0. The molecule has 0 aliphatic carbocycles. The van der Waals surface area contributed by atoms with Gasteiger partial charge < -0.3 is 25.2 Å². The van der Waals surface area contributed by atoms with E-state index in [-0.39, 0.29) is 29.1 Å². The molecule has 0 bridgehead atoms. The Labute approximate surface area is 122 Å². The minimum absolute atomic E-state index is 0.0583. The highest BCUT2D eigenvalue weighted by atomic mass is 16.5. The zero-order valence-electron chi connectivity index (χ0n) is 11.7. The van der Waals surface area contributed by atoms with Crippen molar-refractivity contribution >= 4 is 17.7 Å². The van der Waals surface area contributed by atoms with Crippen LogP contribution in [0.15, 0.2) is 18.2 Å². The van der Waals surface area contributed by atoms with E-state index in [0.717, 1.165) is 12.5 Å². The van der Waals surface area contributed by atoms with Crippen molar-refractivity contribution in [2.45, 2.75) is 19.4 Å². The molecule has 3 N–H and O–H groups in total. The first-order valence-corrected chi connectivity index (χ1v) is 6.71. The van der Waals surface area contributed by atoms with E-state index >= 15 is 0 Å². The lowest BCUT2D eigenvalue weighted by Crippen LogP contribution is -2.39. The number of carbonyl (C=O) groups is 2. The minimum atomic E-state index is -1.21. The van der Waals surface area contributed by atoms with E-state index in [4.69, 9.17) is 9.84 Å². The number of ether oxygens (including phenoxy) is 1. The molecule has 1 atom stereocenters. The van der Waals surface area contributed by atoms with E-state index in [9.17, 15) is 14.7 Å². The topological polar surface area (TPSA) is 99.1 Å². The molecule has 114 valence electrons. The number of hydrogen-bond acceptors (Lipinski definition) is 4. The Bertz CT molecular complexity index is 546. The maximum atomic E-state index is 12.2. The summed E-state index contributed by atoms with van der Waals surface area (Å²) in [5, 5.41) is 21.0. The van der Waals surface area contributed by atoms with E-state index < -0.39 is 5.97 Å². The predicted octanol–water partition coefficient (Wildman–Crippen LogP) is 1.73. The number of nitrogens with one attached hydrogen (secondary N) is 1. The number of carbonyl (C=O) groups excluding carboxylic acids is 1. The van der Waals surface area contributed by atoms with Gasteiger partial charge in [0.2, 0.25) is 0 Å². The highest BCUT2D eigenvalue weighted by Gasteiger charge is 2.21. The number of phenols is 1. The lowest BCUT2D eigenvalue weighted by molar-refractivity contribution is 0.0696. The summed E-state index contributed by atoms with van der Waals surface area (Å²) in [4.78, 5) is 25.0. The van der Waals surface area contributed by atoms with Crippen molar-refractivity contribution in [2.75, 3.05) is 25.0 Å². The van der Waals surface area contributed by atoms with E-state index in [1.807, 2.05) is 6.92 Å². The van der Waals surface area contributed by atoms with Crippen molar-refractivity contribution < 1.29 is 24.5 Å². The number of carboxylic acid groups (broad SMARTS) is 1. The van der Waals surface area contributed by atoms with Gasteiger partial charge in [0.05, 0.1) is 17.4 Å². The number of nitrogens with zero attached hydrogens (tertiary/aromatic N) is 1. The molecule has 1 aliphatic rings. The summed E-state index contributed by atoms with van der Waals surface area (Å²) in [6, 6.07) is 3.43. The predicted molar refractivity (Wildman–Crippen MR) is 75.7 cm³/mol. The molecule has 0 spiro atoms. The molecule has 1 saturated heterocycles. The maximum absolute atomic E-state index is 12.2. The number of aromatic hydroxyl groups is 1. The van der Waals surface area contributed by atoms with Crippen LogP contribution in [0, 0.1) is 0 Å². The van der Waals surface area contributed by atoms with Crippen LogP contribution in [-0.4, -0.2) is 52.9 Å². The van der Waals surface area contributed by atoms with Crippen LogP contribution in [0.25, 0.3) is 0 Å². The smallest absolute Gasteiger partial charge is 0.337 e. The average Bonchev–Trinajstić information content (AvgIpc) is 2.65. The van der Waals surface area contributed by atoms with Crippen molar-refractivity contribution in [1.82, 2.24) is 4.90 Å². The van der Waals surface area contributed by atoms with Gasteiger partial charge in [-0.15, -0.1) is 0 Å². The fourth-order valence-electron chi connectivity index (χ4n) is 2.19. The number of benzene rings is 1. The van der Waals surface area contributed by atoms with Gasteiger partial charge in [-0.1, -0.05) is 0 Å². The third kappa shape index (κ3) is 3.85. The van der Waals surface area contributed by atoms with Crippen LogP contribution in [0.3, 0.4) is 0 Å². The van der Waals surface area contributed by atoms with Crippen molar-refractivity contribution in [3.63, 3.8) is 0 Å². The van der Waals surface area contributed by atoms with E-state index in [0.29, 0.717) is 19.7 Å². The van der Waals surface area contributed by atoms with Gasteiger partial charge in [0, 0.05) is 19.7 Å². The summed E-state index contributed by atoms with van der Waals surface area (Å²) in [5.74, 6) is -1.38. The third-order valence-corrected chi connectivity index (χ3v) is 3.21. The van der Waals surface area contributed by atoms with Crippen LogP contribution in [0.5, 0.6) is 5.75 Å². The van der Waals surface area contributed by atoms with Crippen molar-refractivity contribution in [2.24, 2.45) is 0 Å². The van der Waals surface area contributed by atoms with Gasteiger partial charge in [0.25, 0.3) is 0 Å². The van der Waals surface area contributed by atoms with Crippen molar-refractivity contribution in [3.05, 3.63) is 23.8 Å². The lowest BCUT2D eigenvalue weighted by atomic mass is 10.1. The molecule has 0 saturated carbocycles. The molecule has 1 unspecified atom stereocenters. The van der Waals surface area contributed by atoms with Crippen LogP contribution < -0.4 is 5.32 Å². The first-order chi connectivity index (χ1) is 9.97. The number of phenolic OH excluding ortho intramolecular Hbond substituents is 1. The fraction of sp³-hybridized carbons (Fsp3) is 0.429. The second kappa shape index (κ2) is 6.45. The Morgan fingerprint density at radius 3 is 2.90 bits per heavy atom. The van der Waals surface area contributed by atoms with Crippen molar-refractivity contribution in [3.8, 4) is 5.75 Å². The minimum Gasteiger partial charge on any atom is -0.508 e. The summed E-state index contributed by atoms with van der Waals surface area (Å²) < 4.78 is 5.46. The number of amides is 2. The van der Waals surface area contributed by atoms with Gasteiger partial charge in [-0.3, -0.25) is 0 Å². The highest BCUT2D eigenvalue weighted by molar-refractivity contribution is 6.00. The number of aromatic carboxylic acids is 1. The average molecular weight is 294 g/mol. The van der Waals surface area contributed by atoms with Crippen LogP contribution in [0.2, 0.25) is 0 Å². The van der Waals surface area contributed by atoms with Crippen LogP contribution in [-0.2, 0) is 4.74 Å². The molecule has 0 radical (unpaired) electrons. The van der Waals surface area contributed by atoms with E-state index in [1.54, 1.807) is 4.90 Å². The van der Waals surface area contributed by atoms with Gasteiger partial charge in [-0.05, 0) is 31.5 Å². The van der Waals surface area contributed by atoms with Gasteiger partial charge >= 0.3 is 12.0 Å². The van der Waals surface area contributed by atoms with Gasteiger partial charge in [-0.2, -0.15) is 0 Å². The van der Waals surface area contributed by atoms with E-state index in [1.165, 1.54) is 12.1 Å². The molecule has 0 aromatic heterocycles. The molecule has 7 nitrogen and oxygen atoms in total. The highest BCUT2D eigenvalue weighted by Crippen LogP contribution is 2.22. The standard InChI is InChI=1S/C14H18N2O5/c1-9-8-16(5-2-6-21-9)14(20)15-12-4-3-10(17)7-11(12)13(18)19/h3-4,7,9,17H,2,5-6,8H2,1H3,(H,15,20)(H,18,19). The van der Waals surface area contributed by atoms with Crippen LogP contribution in [0.4, 0.5) is 10.5 Å². The third-order valence-electron chi connectivity index (χ3n) is 3.21. The molecule has 1 aromatic carbocycles. The monoisotopic (exact) mass is 294 g/mol. The molecule has 2 rings (SSSR count). The summed E-state index contributed by atoms with van der Waals surface area (Å²) in [6.07, 6.45) is 0.677. The molecule has 2 amide bonds. The first-order valence-electron chi connectivity index (χ1n) is 6.71. The van der Waals surface area contributed by atoms with Crippen molar-refractivity contribution in [1.29, 1.82) is 0 Å². The normalized spacial score (nSPS) is 18.9. The molecule has 1 aliphatic heterocycles. The zero-order chi connectivity index (χ0) is 15.4. The van der Waals surface area contributed by atoms with Gasteiger partial charge in [0.15, 0.2) is 0 Å². The SMILES string of the molecule is CC1CN(C(=O)Nc2ccc(O)cc2C(=O)O)CCCO1. The maximum Gasteiger partial charge on any atom is 0.337 e. The lowest BCUT2D eigenvalue weighted by Gasteiger charge is -2.23. The molecular weight excluding hydrogens is 276 g/mol. The van der Waals surface area contributed by atoms with E-state index in [2.05, 4.69) is 5.32 Å². The van der Waals surface area contributed by atoms with Gasteiger partial charge in [-0.25, -0.2) is 9.59 Å². The van der Waals surface area contributed by atoms with Gasteiger partial charge in [0.1, 0.15) is 5.75 Å². The Kier molecular flexibility index (Phi) is 4.64. The van der Waals surface area contributed by atoms with Crippen LogP contribution >= 0.6 is 0 Å². The number of anilines is 1. The number of hydrogen-bond donors (Lipinski definition) is 3. The summed E-state index contributed by atoms with van der Waals surface area (Å²) in [5.41, 5.74) is 0.00517. The van der Waals surface area contributed by atoms with Crippen LogP contribution in [0.1, 0.15) is 23.7 Å². The number of carboxylic acids is 1. The summed E-state index contributed by atoms with van der Waals surface area (Å²) in [6.45, 7) is 3.49. The Morgan fingerprint density at radius 1 is 1.43 bits per heavy atom. The summed E-state index contributed by atoms with van der Waals surface area (Å²) >= 11 is 0.